The second-order valence-corrected chi connectivity index (χ2v) is 8.05. The fourth-order valence-corrected chi connectivity index (χ4v) is 1.11. The zero-order valence-electron chi connectivity index (χ0n) is 8.14. The molecule has 0 saturated carbocycles. The van der Waals surface area contributed by atoms with Crippen LogP contribution in [-0.4, -0.2) is 8.32 Å². The van der Waals surface area contributed by atoms with Gasteiger partial charge < -0.3 is 4.43 Å². The van der Waals surface area contributed by atoms with E-state index >= 15 is 0 Å². The van der Waals surface area contributed by atoms with E-state index in [1.807, 2.05) is 32.3 Å². The Balaban J connectivity index is 3.93. The highest BCUT2D eigenvalue weighted by Crippen LogP contribution is 2.05. The minimum atomic E-state index is -1.36. The highest BCUT2D eigenvalue weighted by Gasteiger charge is 2.12. The molecule has 0 radical (unpaired) electrons. The molecule has 64 valence electrons. The SMILES string of the molecule is CC=CC(C)=CO[Si](C)(C)C. The maximum Gasteiger partial charge on any atom is 0.241 e. The smallest absolute Gasteiger partial charge is 0.241 e. The molecule has 1 nitrogen and oxygen atoms in total. The first-order valence-electron chi connectivity index (χ1n) is 3.93. The molecule has 2 heteroatoms. The highest BCUT2D eigenvalue weighted by molar-refractivity contribution is 6.69. The molecule has 0 aliphatic carbocycles. The summed E-state index contributed by atoms with van der Waals surface area (Å²) in [5.41, 5.74) is 1.18. The van der Waals surface area contributed by atoms with E-state index in [1.54, 1.807) is 0 Å². The Morgan fingerprint density at radius 1 is 1.27 bits per heavy atom. The van der Waals surface area contributed by atoms with E-state index in [2.05, 4.69) is 19.6 Å². The van der Waals surface area contributed by atoms with Crippen LogP contribution in [0.1, 0.15) is 13.8 Å². The second kappa shape index (κ2) is 4.39. The number of rotatable bonds is 3. The molecule has 0 aromatic heterocycles. The van der Waals surface area contributed by atoms with E-state index in [-0.39, 0.29) is 0 Å². The molecule has 0 saturated heterocycles. The normalized spacial score (nSPS) is 14.1. The van der Waals surface area contributed by atoms with Gasteiger partial charge in [0.1, 0.15) is 0 Å². The standard InChI is InChI=1S/C9H18OSi/c1-6-7-9(2)8-10-11(3,4)5/h6-8H,1-5H3. The van der Waals surface area contributed by atoms with Crippen molar-refractivity contribution in [2.75, 3.05) is 0 Å². The zero-order chi connectivity index (χ0) is 8.91. The zero-order valence-corrected chi connectivity index (χ0v) is 9.14. The van der Waals surface area contributed by atoms with Gasteiger partial charge >= 0.3 is 0 Å². The van der Waals surface area contributed by atoms with Gasteiger partial charge in [0.15, 0.2) is 0 Å². The van der Waals surface area contributed by atoms with Gasteiger partial charge in [0.2, 0.25) is 8.32 Å². The lowest BCUT2D eigenvalue weighted by Crippen LogP contribution is -2.22. The summed E-state index contributed by atoms with van der Waals surface area (Å²) in [7, 11) is -1.36. The summed E-state index contributed by atoms with van der Waals surface area (Å²) in [6.45, 7) is 10.6. The first-order chi connectivity index (χ1) is 4.95. The minimum absolute atomic E-state index is 1.18. The van der Waals surface area contributed by atoms with Gasteiger partial charge in [-0.15, -0.1) is 0 Å². The van der Waals surface area contributed by atoms with Gasteiger partial charge in [-0.2, -0.15) is 0 Å². The molecule has 0 bridgehead atoms. The van der Waals surface area contributed by atoms with Crippen LogP contribution in [0, 0.1) is 0 Å². The summed E-state index contributed by atoms with van der Waals surface area (Å²) in [6, 6.07) is 0. The van der Waals surface area contributed by atoms with Gasteiger partial charge in [0.05, 0.1) is 6.26 Å². The van der Waals surface area contributed by atoms with Crippen LogP contribution in [0.4, 0.5) is 0 Å². The fraction of sp³-hybridized carbons (Fsp3) is 0.556. The van der Waals surface area contributed by atoms with Crippen LogP contribution in [0.3, 0.4) is 0 Å². The van der Waals surface area contributed by atoms with Gasteiger partial charge in [-0.25, -0.2) is 0 Å². The molecule has 0 aliphatic rings. The summed E-state index contributed by atoms with van der Waals surface area (Å²) in [4.78, 5) is 0. The van der Waals surface area contributed by atoms with Crippen molar-refractivity contribution in [2.45, 2.75) is 33.5 Å². The Hall–Kier alpha value is -0.503. The van der Waals surface area contributed by atoms with Crippen LogP contribution in [0.2, 0.25) is 19.6 Å². The molecule has 0 fully saturated rings. The largest absolute Gasteiger partial charge is 0.549 e. The van der Waals surface area contributed by atoms with E-state index in [9.17, 15) is 0 Å². The minimum Gasteiger partial charge on any atom is -0.549 e. The third-order valence-electron chi connectivity index (χ3n) is 1.03. The lowest BCUT2D eigenvalue weighted by Gasteiger charge is -2.15. The summed E-state index contributed by atoms with van der Waals surface area (Å²) >= 11 is 0. The molecule has 0 spiro atoms. The Labute approximate surface area is 70.9 Å². The van der Waals surface area contributed by atoms with Gasteiger partial charge in [-0.05, 0) is 39.1 Å². The maximum absolute atomic E-state index is 5.57. The summed E-state index contributed by atoms with van der Waals surface area (Å²) in [5, 5.41) is 0. The Kier molecular flexibility index (Phi) is 4.19. The van der Waals surface area contributed by atoms with Crippen LogP contribution in [0.25, 0.3) is 0 Å². The van der Waals surface area contributed by atoms with E-state index in [0.29, 0.717) is 0 Å². The van der Waals surface area contributed by atoms with E-state index in [1.165, 1.54) is 5.57 Å². The maximum atomic E-state index is 5.57. The van der Waals surface area contributed by atoms with Crippen LogP contribution in [-0.2, 0) is 4.43 Å². The van der Waals surface area contributed by atoms with Crippen molar-refractivity contribution in [1.29, 1.82) is 0 Å². The van der Waals surface area contributed by atoms with Crippen LogP contribution in [0.5, 0.6) is 0 Å². The third-order valence-corrected chi connectivity index (χ3v) is 1.85. The van der Waals surface area contributed by atoms with E-state index in [0.717, 1.165) is 0 Å². The fourth-order valence-electron chi connectivity index (χ4n) is 0.572. The molecule has 0 unspecified atom stereocenters. The Bertz CT molecular complexity index is 163. The molecule has 0 aromatic carbocycles. The van der Waals surface area contributed by atoms with Gasteiger partial charge in [0.25, 0.3) is 0 Å². The summed E-state index contributed by atoms with van der Waals surface area (Å²) < 4.78 is 5.57. The molecule has 11 heavy (non-hydrogen) atoms. The Morgan fingerprint density at radius 3 is 2.18 bits per heavy atom. The van der Waals surface area contributed by atoms with Crippen molar-refractivity contribution in [1.82, 2.24) is 0 Å². The predicted molar refractivity (Wildman–Crippen MR) is 53.0 cm³/mol. The first kappa shape index (κ1) is 10.5. The van der Waals surface area contributed by atoms with Crippen LogP contribution in [0.15, 0.2) is 24.0 Å². The Morgan fingerprint density at radius 2 is 1.82 bits per heavy atom. The van der Waals surface area contributed by atoms with Crippen molar-refractivity contribution in [3.05, 3.63) is 24.0 Å². The molecule has 0 atom stereocenters. The van der Waals surface area contributed by atoms with Gasteiger partial charge in [-0.1, -0.05) is 12.2 Å². The summed E-state index contributed by atoms with van der Waals surface area (Å²) in [6.07, 6.45) is 5.91. The lowest BCUT2D eigenvalue weighted by molar-refractivity contribution is 0.475. The van der Waals surface area contributed by atoms with Crippen molar-refractivity contribution in [2.24, 2.45) is 0 Å². The molecule has 0 rings (SSSR count). The van der Waals surface area contributed by atoms with Crippen molar-refractivity contribution < 1.29 is 4.43 Å². The molecule has 0 N–H and O–H groups in total. The van der Waals surface area contributed by atoms with Crippen molar-refractivity contribution in [3.8, 4) is 0 Å². The molecule has 0 aromatic rings. The van der Waals surface area contributed by atoms with Crippen LogP contribution < -0.4 is 0 Å². The van der Waals surface area contributed by atoms with Gasteiger partial charge in [0, 0.05) is 0 Å². The number of allylic oxidation sites excluding steroid dienone is 3. The molecule has 0 heterocycles. The second-order valence-electron chi connectivity index (χ2n) is 3.59. The average molecular weight is 170 g/mol. The number of hydrogen-bond donors (Lipinski definition) is 0. The third kappa shape index (κ3) is 7.39. The van der Waals surface area contributed by atoms with Gasteiger partial charge in [-0.3, -0.25) is 0 Å². The quantitative estimate of drug-likeness (QED) is 0.359. The lowest BCUT2D eigenvalue weighted by atomic mass is 10.3. The highest BCUT2D eigenvalue weighted by atomic mass is 28.4. The number of hydrogen-bond acceptors (Lipinski definition) is 1. The van der Waals surface area contributed by atoms with E-state index < -0.39 is 8.32 Å². The van der Waals surface area contributed by atoms with Crippen molar-refractivity contribution >= 4 is 8.32 Å². The van der Waals surface area contributed by atoms with E-state index in [4.69, 9.17) is 4.43 Å². The van der Waals surface area contributed by atoms with Crippen molar-refractivity contribution in [3.63, 3.8) is 0 Å². The molecular formula is C9H18OSi. The monoisotopic (exact) mass is 170 g/mol. The molecule has 0 amide bonds. The first-order valence-corrected chi connectivity index (χ1v) is 7.34. The molecular weight excluding hydrogens is 152 g/mol. The predicted octanol–water partition coefficient (Wildman–Crippen LogP) is 3.32. The topological polar surface area (TPSA) is 9.23 Å². The summed E-state index contributed by atoms with van der Waals surface area (Å²) in [5.74, 6) is 0. The average Bonchev–Trinajstić information content (AvgIpc) is 1.83. The van der Waals surface area contributed by atoms with Crippen LogP contribution >= 0.6 is 0 Å². The molecule has 0 aliphatic heterocycles.